The Morgan fingerprint density at radius 2 is 2.17 bits per heavy atom. The summed E-state index contributed by atoms with van der Waals surface area (Å²) in [6.07, 6.45) is 3.08. The molecule has 1 saturated heterocycles. The Morgan fingerprint density at radius 3 is 3.04 bits per heavy atom. The van der Waals surface area contributed by atoms with Crippen LogP contribution in [0.5, 0.6) is 0 Å². The molecule has 0 bridgehead atoms. The maximum absolute atomic E-state index is 13.8. The summed E-state index contributed by atoms with van der Waals surface area (Å²) < 4.78 is 19.2. The number of likely N-dealkylation sites (N-methyl/N-ethyl adjacent to an activating group) is 1. The van der Waals surface area contributed by atoms with Gasteiger partial charge in [-0.15, -0.1) is 0 Å². The standard InChI is InChI=1S/C15H15FN6O/c1-22-5-4-17-8-12(22)14-20-15(23-21-14)10-6-9(16)7-11-13(10)19-3-2-18-11/h2-3,6-7,12,17H,4-5,8H2,1H3. The van der Waals surface area contributed by atoms with E-state index >= 15 is 0 Å². The van der Waals surface area contributed by atoms with Gasteiger partial charge in [0.2, 0.25) is 0 Å². The van der Waals surface area contributed by atoms with Crippen molar-refractivity contribution < 1.29 is 8.91 Å². The van der Waals surface area contributed by atoms with Gasteiger partial charge in [0, 0.05) is 38.1 Å². The summed E-state index contributed by atoms with van der Waals surface area (Å²) in [4.78, 5) is 15.0. The average molecular weight is 314 g/mol. The number of piperazine rings is 1. The van der Waals surface area contributed by atoms with Crippen LogP contribution in [0.3, 0.4) is 0 Å². The predicted octanol–water partition coefficient (Wildman–Crippen LogP) is 1.39. The van der Waals surface area contributed by atoms with Gasteiger partial charge in [-0.1, -0.05) is 5.16 Å². The largest absolute Gasteiger partial charge is 0.334 e. The molecule has 8 heteroatoms. The Hall–Kier alpha value is -2.45. The van der Waals surface area contributed by atoms with E-state index in [2.05, 4.69) is 30.3 Å². The van der Waals surface area contributed by atoms with Gasteiger partial charge in [0.05, 0.1) is 17.1 Å². The van der Waals surface area contributed by atoms with Crippen LogP contribution >= 0.6 is 0 Å². The van der Waals surface area contributed by atoms with E-state index in [1.165, 1.54) is 18.3 Å². The lowest BCUT2D eigenvalue weighted by atomic mass is 10.1. The topological polar surface area (TPSA) is 80.0 Å². The smallest absolute Gasteiger partial charge is 0.260 e. The van der Waals surface area contributed by atoms with Crippen LogP contribution in [0.1, 0.15) is 11.9 Å². The van der Waals surface area contributed by atoms with E-state index in [1.807, 2.05) is 7.05 Å². The van der Waals surface area contributed by atoms with E-state index in [4.69, 9.17) is 4.52 Å². The van der Waals surface area contributed by atoms with Crippen molar-refractivity contribution in [2.45, 2.75) is 6.04 Å². The highest BCUT2D eigenvalue weighted by Gasteiger charge is 2.26. The number of rotatable bonds is 2. The summed E-state index contributed by atoms with van der Waals surface area (Å²) in [5.41, 5.74) is 1.45. The van der Waals surface area contributed by atoms with Gasteiger partial charge >= 0.3 is 0 Å². The lowest BCUT2D eigenvalue weighted by molar-refractivity contribution is 0.190. The second-order valence-electron chi connectivity index (χ2n) is 5.54. The van der Waals surface area contributed by atoms with Gasteiger partial charge in [0.25, 0.3) is 5.89 Å². The third-order valence-electron chi connectivity index (χ3n) is 4.02. The van der Waals surface area contributed by atoms with Crippen molar-refractivity contribution in [3.05, 3.63) is 36.2 Å². The highest BCUT2D eigenvalue weighted by atomic mass is 19.1. The zero-order valence-electron chi connectivity index (χ0n) is 12.5. The Morgan fingerprint density at radius 1 is 1.30 bits per heavy atom. The number of hydrogen-bond acceptors (Lipinski definition) is 7. The molecule has 1 atom stereocenters. The molecule has 0 aliphatic carbocycles. The summed E-state index contributed by atoms with van der Waals surface area (Å²) >= 11 is 0. The average Bonchev–Trinajstić information content (AvgIpc) is 3.04. The first-order valence-electron chi connectivity index (χ1n) is 7.37. The van der Waals surface area contributed by atoms with Crippen LogP contribution < -0.4 is 5.32 Å². The molecule has 1 aliphatic heterocycles. The molecule has 0 spiro atoms. The van der Waals surface area contributed by atoms with Gasteiger partial charge in [-0.25, -0.2) is 4.39 Å². The highest BCUT2D eigenvalue weighted by Crippen LogP contribution is 2.28. The van der Waals surface area contributed by atoms with Crippen molar-refractivity contribution in [2.75, 3.05) is 26.7 Å². The number of nitrogens with one attached hydrogen (secondary N) is 1. The second-order valence-corrected chi connectivity index (χ2v) is 5.54. The monoisotopic (exact) mass is 314 g/mol. The predicted molar refractivity (Wildman–Crippen MR) is 81.0 cm³/mol. The lowest BCUT2D eigenvalue weighted by Crippen LogP contribution is -2.44. The van der Waals surface area contributed by atoms with Crippen LogP contribution in [-0.4, -0.2) is 51.7 Å². The summed E-state index contributed by atoms with van der Waals surface area (Å²) in [5, 5.41) is 7.37. The number of aromatic nitrogens is 4. The van der Waals surface area contributed by atoms with E-state index < -0.39 is 5.82 Å². The Kier molecular flexibility index (Phi) is 3.47. The molecule has 3 heterocycles. The van der Waals surface area contributed by atoms with Crippen molar-refractivity contribution in [1.29, 1.82) is 0 Å². The fourth-order valence-corrected chi connectivity index (χ4v) is 2.78. The number of nitrogens with zero attached hydrogens (tertiary/aromatic N) is 5. The van der Waals surface area contributed by atoms with Gasteiger partial charge in [0.1, 0.15) is 11.3 Å². The first-order chi connectivity index (χ1) is 11.2. The van der Waals surface area contributed by atoms with Crippen molar-refractivity contribution in [3.63, 3.8) is 0 Å². The first-order valence-corrected chi connectivity index (χ1v) is 7.37. The minimum atomic E-state index is -0.413. The molecule has 7 nitrogen and oxygen atoms in total. The number of benzene rings is 1. The summed E-state index contributed by atoms with van der Waals surface area (Å²) in [6.45, 7) is 2.59. The zero-order valence-corrected chi connectivity index (χ0v) is 12.5. The molecule has 1 N–H and O–H groups in total. The molecule has 0 saturated carbocycles. The molecule has 1 unspecified atom stereocenters. The maximum atomic E-state index is 13.8. The van der Waals surface area contributed by atoms with E-state index in [1.54, 1.807) is 6.20 Å². The van der Waals surface area contributed by atoms with E-state index in [0.29, 0.717) is 22.4 Å². The molecule has 23 heavy (non-hydrogen) atoms. The number of hydrogen-bond donors (Lipinski definition) is 1. The van der Waals surface area contributed by atoms with Crippen LogP contribution in [0.25, 0.3) is 22.5 Å². The van der Waals surface area contributed by atoms with Crippen molar-refractivity contribution >= 4 is 11.0 Å². The van der Waals surface area contributed by atoms with Crippen molar-refractivity contribution in [1.82, 2.24) is 30.3 Å². The zero-order chi connectivity index (χ0) is 15.8. The van der Waals surface area contributed by atoms with Crippen LogP contribution in [0.15, 0.2) is 29.0 Å². The first kappa shape index (κ1) is 14.2. The molecule has 4 rings (SSSR count). The fourth-order valence-electron chi connectivity index (χ4n) is 2.78. The Balaban J connectivity index is 1.77. The molecule has 0 amide bonds. The normalized spacial score (nSPS) is 19.3. The number of fused-ring (bicyclic) bond motifs is 1. The molecule has 1 aliphatic rings. The molecule has 0 radical (unpaired) electrons. The van der Waals surface area contributed by atoms with Crippen LogP contribution in [0.2, 0.25) is 0 Å². The van der Waals surface area contributed by atoms with Crippen molar-refractivity contribution in [2.24, 2.45) is 0 Å². The van der Waals surface area contributed by atoms with Crippen LogP contribution in [-0.2, 0) is 0 Å². The minimum Gasteiger partial charge on any atom is -0.334 e. The SMILES string of the molecule is CN1CCNCC1c1noc(-c2cc(F)cc3nccnc23)n1. The summed E-state index contributed by atoms with van der Waals surface area (Å²) in [5.74, 6) is 0.421. The summed E-state index contributed by atoms with van der Waals surface area (Å²) in [6, 6.07) is 2.71. The Bertz CT molecular complexity index is 851. The molecule has 1 fully saturated rings. The second kappa shape index (κ2) is 5.64. The van der Waals surface area contributed by atoms with Crippen LogP contribution in [0, 0.1) is 5.82 Å². The van der Waals surface area contributed by atoms with E-state index in [-0.39, 0.29) is 11.9 Å². The summed E-state index contributed by atoms with van der Waals surface area (Å²) in [7, 11) is 2.02. The Labute approximate surface area is 131 Å². The molecule has 1 aromatic carbocycles. The highest BCUT2D eigenvalue weighted by molar-refractivity contribution is 5.88. The van der Waals surface area contributed by atoms with Gasteiger partial charge in [-0.05, 0) is 13.1 Å². The molecular formula is C15H15FN6O. The van der Waals surface area contributed by atoms with E-state index in [0.717, 1.165) is 19.6 Å². The fraction of sp³-hybridized carbons (Fsp3) is 0.333. The number of halogens is 1. The molecule has 3 aromatic rings. The van der Waals surface area contributed by atoms with E-state index in [9.17, 15) is 4.39 Å². The molecule has 2 aromatic heterocycles. The maximum Gasteiger partial charge on any atom is 0.260 e. The van der Waals surface area contributed by atoms with Gasteiger partial charge in [-0.2, -0.15) is 4.98 Å². The van der Waals surface area contributed by atoms with Crippen molar-refractivity contribution in [3.8, 4) is 11.5 Å². The van der Waals surface area contributed by atoms with Gasteiger partial charge in [0.15, 0.2) is 5.82 Å². The lowest BCUT2D eigenvalue weighted by Gasteiger charge is -2.30. The minimum absolute atomic E-state index is 0.0344. The van der Waals surface area contributed by atoms with Crippen LogP contribution in [0.4, 0.5) is 4.39 Å². The quantitative estimate of drug-likeness (QED) is 0.765. The van der Waals surface area contributed by atoms with Gasteiger partial charge < -0.3 is 9.84 Å². The van der Waals surface area contributed by atoms with Gasteiger partial charge in [-0.3, -0.25) is 14.9 Å². The third kappa shape index (κ3) is 2.55. The third-order valence-corrected chi connectivity index (χ3v) is 4.02. The molecule has 118 valence electrons. The molecular weight excluding hydrogens is 299 g/mol.